The number of hydrogen-bond donors (Lipinski definition) is 1. The second-order valence-corrected chi connectivity index (χ2v) is 10.5. The lowest BCUT2D eigenvalue weighted by Gasteiger charge is -2.33. The van der Waals surface area contributed by atoms with Crippen molar-refractivity contribution in [3.05, 3.63) is 88.9 Å². The van der Waals surface area contributed by atoms with Gasteiger partial charge in [-0.25, -0.2) is 4.79 Å². The summed E-state index contributed by atoms with van der Waals surface area (Å²) in [5.74, 6) is 0.149. The number of benzene rings is 3. The number of ether oxygens (including phenoxy) is 2. The summed E-state index contributed by atoms with van der Waals surface area (Å²) in [6.07, 6.45) is -0.816. The first-order valence-electron chi connectivity index (χ1n) is 12.2. The number of halogens is 1. The Bertz CT molecular complexity index is 1200. The Hall–Kier alpha value is -3.35. The van der Waals surface area contributed by atoms with E-state index in [-0.39, 0.29) is 18.6 Å². The normalized spacial score (nSPS) is 12.9. The van der Waals surface area contributed by atoms with Gasteiger partial charge < -0.3 is 19.5 Å². The number of carbonyl (C=O) groups excluding carboxylic acids is 2. The minimum absolute atomic E-state index is 0.0726. The molecule has 0 spiro atoms. The first-order chi connectivity index (χ1) is 17.4. The van der Waals surface area contributed by atoms with E-state index in [1.807, 2.05) is 64.1 Å². The van der Waals surface area contributed by atoms with Gasteiger partial charge in [-0.2, -0.15) is 0 Å². The maximum absolute atomic E-state index is 13.1. The zero-order chi connectivity index (χ0) is 27.2. The summed E-state index contributed by atoms with van der Waals surface area (Å²) in [5.41, 5.74) is 3.03. The highest BCUT2D eigenvalue weighted by atomic mass is 35.5. The summed E-state index contributed by atoms with van der Waals surface area (Å²) in [4.78, 5) is 25.8. The zero-order valence-corrected chi connectivity index (χ0v) is 22.7. The molecule has 1 amide bonds. The van der Waals surface area contributed by atoms with Crippen LogP contribution in [0, 0.1) is 0 Å². The number of hydrogen-bond acceptors (Lipinski definition) is 5. The monoisotopic (exact) mass is 523 g/mol. The van der Waals surface area contributed by atoms with Crippen molar-refractivity contribution < 1.29 is 24.2 Å². The molecular formula is C30H34ClNO5. The molecule has 0 unspecified atom stereocenters. The second-order valence-electron chi connectivity index (χ2n) is 10.1. The van der Waals surface area contributed by atoms with Gasteiger partial charge in [0.05, 0.1) is 12.6 Å². The number of amides is 1. The van der Waals surface area contributed by atoms with Crippen LogP contribution < -0.4 is 4.74 Å². The van der Waals surface area contributed by atoms with Crippen LogP contribution in [0.4, 0.5) is 4.79 Å². The van der Waals surface area contributed by atoms with Crippen LogP contribution in [-0.2, 0) is 16.0 Å². The third-order valence-corrected chi connectivity index (χ3v) is 5.93. The van der Waals surface area contributed by atoms with Crippen LogP contribution in [0.2, 0.25) is 5.02 Å². The molecule has 0 saturated carbocycles. The van der Waals surface area contributed by atoms with E-state index in [2.05, 4.69) is 0 Å². The van der Waals surface area contributed by atoms with Gasteiger partial charge in [0.15, 0.2) is 0 Å². The maximum atomic E-state index is 13.1. The molecule has 37 heavy (non-hydrogen) atoms. The van der Waals surface area contributed by atoms with Crippen LogP contribution >= 0.6 is 11.6 Å². The molecule has 6 nitrogen and oxygen atoms in total. The van der Waals surface area contributed by atoms with Gasteiger partial charge in [0.25, 0.3) is 0 Å². The molecular weight excluding hydrogens is 490 g/mol. The molecule has 7 heteroatoms. The van der Waals surface area contributed by atoms with E-state index in [1.165, 1.54) is 6.92 Å². The number of esters is 1. The van der Waals surface area contributed by atoms with Crippen LogP contribution in [0.5, 0.6) is 5.75 Å². The average molecular weight is 524 g/mol. The topological polar surface area (TPSA) is 76.1 Å². The second kappa shape index (κ2) is 12.3. The smallest absolute Gasteiger partial charge is 0.410 e. The SMILES string of the molecule is CC(=O)Oc1ccc(-c2ccc(C[C@@H](C)N(C[C@H](O)c3cccc(Cl)c3)C(=O)OC(C)(C)C)cc2)cc1. The Labute approximate surface area is 223 Å². The molecule has 2 atom stereocenters. The summed E-state index contributed by atoms with van der Waals surface area (Å²) in [6, 6.07) is 22.1. The molecule has 3 aromatic carbocycles. The molecule has 3 aromatic rings. The fraction of sp³-hybridized carbons (Fsp3) is 0.333. The molecule has 0 aliphatic rings. The molecule has 0 heterocycles. The van der Waals surface area contributed by atoms with E-state index in [0.717, 1.165) is 16.7 Å². The van der Waals surface area contributed by atoms with Crippen molar-refractivity contribution in [2.45, 2.75) is 58.8 Å². The Morgan fingerprint density at radius 1 is 0.973 bits per heavy atom. The van der Waals surface area contributed by atoms with Gasteiger partial charge in [-0.3, -0.25) is 4.79 Å². The van der Waals surface area contributed by atoms with Gasteiger partial charge in [-0.05, 0) is 80.6 Å². The fourth-order valence-electron chi connectivity index (χ4n) is 3.93. The standard InChI is InChI=1S/C30H34ClNO5/c1-20(17-22-9-11-23(12-10-22)24-13-15-27(16-14-24)36-21(2)33)32(29(35)37-30(3,4)5)19-28(34)25-7-6-8-26(31)18-25/h6-16,18,20,28,34H,17,19H2,1-5H3/t20-,28+/m1/s1. The minimum Gasteiger partial charge on any atom is -0.444 e. The van der Waals surface area contributed by atoms with Crippen molar-refractivity contribution in [1.82, 2.24) is 4.90 Å². The first kappa shape index (κ1) is 28.2. The highest BCUT2D eigenvalue weighted by molar-refractivity contribution is 6.30. The summed E-state index contributed by atoms with van der Waals surface area (Å²) < 4.78 is 10.7. The molecule has 0 bridgehead atoms. The molecule has 0 radical (unpaired) electrons. The third-order valence-electron chi connectivity index (χ3n) is 5.70. The molecule has 0 saturated heterocycles. The van der Waals surface area contributed by atoms with E-state index >= 15 is 0 Å². The van der Waals surface area contributed by atoms with Crippen LogP contribution in [0.25, 0.3) is 11.1 Å². The molecule has 0 aromatic heterocycles. The van der Waals surface area contributed by atoms with Crippen LogP contribution in [0.15, 0.2) is 72.8 Å². The van der Waals surface area contributed by atoms with Gasteiger partial charge in [0.1, 0.15) is 11.4 Å². The lowest BCUT2D eigenvalue weighted by molar-refractivity contribution is -0.131. The molecule has 0 aliphatic carbocycles. The van der Waals surface area contributed by atoms with Gasteiger partial charge in [0, 0.05) is 18.0 Å². The van der Waals surface area contributed by atoms with Crippen molar-refractivity contribution in [2.24, 2.45) is 0 Å². The van der Waals surface area contributed by atoms with Crippen LogP contribution in [0.1, 0.15) is 51.8 Å². The van der Waals surface area contributed by atoms with Crippen LogP contribution in [-0.4, -0.2) is 40.3 Å². The molecule has 0 aliphatic heterocycles. The predicted molar refractivity (Wildman–Crippen MR) is 146 cm³/mol. The Kier molecular flexibility index (Phi) is 9.35. The number of aliphatic hydroxyl groups is 1. The number of nitrogens with zero attached hydrogens (tertiary/aromatic N) is 1. The number of aliphatic hydroxyl groups excluding tert-OH is 1. The molecule has 0 fully saturated rings. The molecule has 1 N–H and O–H groups in total. The lowest BCUT2D eigenvalue weighted by Crippen LogP contribution is -2.45. The fourth-order valence-corrected chi connectivity index (χ4v) is 4.13. The van der Waals surface area contributed by atoms with Gasteiger partial charge in [-0.15, -0.1) is 0 Å². The highest BCUT2D eigenvalue weighted by Crippen LogP contribution is 2.25. The summed E-state index contributed by atoms with van der Waals surface area (Å²) >= 11 is 6.09. The quantitative estimate of drug-likeness (QED) is 0.258. The van der Waals surface area contributed by atoms with Crippen molar-refractivity contribution >= 4 is 23.7 Å². The van der Waals surface area contributed by atoms with Crippen molar-refractivity contribution in [3.8, 4) is 16.9 Å². The maximum Gasteiger partial charge on any atom is 0.410 e. The van der Waals surface area contributed by atoms with E-state index in [1.54, 1.807) is 41.3 Å². The predicted octanol–water partition coefficient (Wildman–Crippen LogP) is 6.83. The van der Waals surface area contributed by atoms with Crippen molar-refractivity contribution in [2.75, 3.05) is 6.54 Å². The minimum atomic E-state index is -0.911. The highest BCUT2D eigenvalue weighted by Gasteiger charge is 2.28. The number of rotatable bonds is 8. The van der Waals surface area contributed by atoms with E-state index in [4.69, 9.17) is 21.1 Å². The Morgan fingerprint density at radius 3 is 2.11 bits per heavy atom. The van der Waals surface area contributed by atoms with E-state index < -0.39 is 17.8 Å². The average Bonchev–Trinajstić information content (AvgIpc) is 2.82. The molecule has 196 valence electrons. The Balaban J connectivity index is 1.74. The summed E-state index contributed by atoms with van der Waals surface area (Å²) in [7, 11) is 0. The molecule has 3 rings (SSSR count). The largest absolute Gasteiger partial charge is 0.444 e. The lowest BCUT2D eigenvalue weighted by atomic mass is 10.00. The Morgan fingerprint density at radius 2 is 1.57 bits per heavy atom. The van der Waals surface area contributed by atoms with Gasteiger partial charge in [0.2, 0.25) is 0 Å². The third kappa shape index (κ3) is 8.62. The van der Waals surface area contributed by atoms with Gasteiger partial charge >= 0.3 is 12.1 Å². The zero-order valence-electron chi connectivity index (χ0n) is 21.9. The van der Waals surface area contributed by atoms with Crippen LogP contribution in [0.3, 0.4) is 0 Å². The first-order valence-corrected chi connectivity index (χ1v) is 12.6. The van der Waals surface area contributed by atoms with Crippen molar-refractivity contribution in [3.63, 3.8) is 0 Å². The summed E-state index contributed by atoms with van der Waals surface area (Å²) in [5, 5.41) is 11.4. The van der Waals surface area contributed by atoms with E-state index in [0.29, 0.717) is 22.8 Å². The van der Waals surface area contributed by atoms with Crippen molar-refractivity contribution in [1.29, 1.82) is 0 Å². The van der Waals surface area contributed by atoms with E-state index in [9.17, 15) is 14.7 Å². The number of carbonyl (C=O) groups is 2. The van der Waals surface area contributed by atoms with Gasteiger partial charge in [-0.1, -0.05) is 60.1 Å². The summed E-state index contributed by atoms with van der Waals surface area (Å²) in [6.45, 7) is 8.84.